The quantitative estimate of drug-likeness (QED) is 0.143. The summed E-state index contributed by atoms with van der Waals surface area (Å²) in [4.78, 5) is 31.3. The van der Waals surface area contributed by atoms with Crippen LogP contribution < -0.4 is 0 Å². The van der Waals surface area contributed by atoms with E-state index in [-0.39, 0.29) is 0 Å². The molecule has 8 nitrogen and oxygen atoms in total. The van der Waals surface area contributed by atoms with E-state index >= 15 is 0 Å². The van der Waals surface area contributed by atoms with E-state index in [2.05, 4.69) is 191 Å². The summed E-state index contributed by atoms with van der Waals surface area (Å²) in [5, 5.41) is 4.42. The number of benzene rings is 10. The van der Waals surface area contributed by atoms with E-state index in [4.69, 9.17) is 29.9 Å². The molecule has 0 spiro atoms. The molecule has 4 heterocycles. The second-order valence-corrected chi connectivity index (χ2v) is 18.3. The fraction of sp³-hybridized carbons (Fsp3) is 0. The highest BCUT2D eigenvalue weighted by Gasteiger charge is 2.24. The van der Waals surface area contributed by atoms with Crippen LogP contribution in [0.5, 0.6) is 0 Å². The van der Waals surface area contributed by atoms with Gasteiger partial charge in [0.1, 0.15) is 0 Å². The highest BCUT2D eigenvalue weighted by Crippen LogP contribution is 2.42. The van der Waals surface area contributed by atoms with Crippen molar-refractivity contribution < 1.29 is 0 Å². The molecule has 0 fully saturated rings. The van der Waals surface area contributed by atoms with Crippen LogP contribution in [0.2, 0.25) is 0 Å². The van der Waals surface area contributed by atoms with Gasteiger partial charge >= 0.3 is 0 Å². The Hall–Kier alpha value is -10.2. The van der Waals surface area contributed by atoms with Gasteiger partial charge in [0.05, 0.1) is 22.1 Å². The summed E-state index contributed by atoms with van der Waals surface area (Å²) in [6.45, 7) is 0. The standard InChI is InChI=1S/C66H42N8/c1-5-19-43(20-6-1)48-27-17-29-50(41-48)64-70-65(51-30-18-28-49(42-51)44-21-7-2-8-22-44)72-66(71-64)74-58-34-16-14-32-54(58)56-40-39-55-53-31-13-15-33-57(53)73(59(55)60(56)74)52-37-35-47(36-38-52)63-68-61(45-23-9-3-10-24-45)67-62(69-63)46-25-11-4-12-26-46/h1-42H. The first-order chi connectivity index (χ1) is 36.7. The Kier molecular flexibility index (Phi) is 10.3. The maximum atomic E-state index is 5.47. The minimum Gasteiger partial charge on any atom is -0.307 e. The van der Waals surface area contributed by atoms with Crippen LogP contribution in [0.4, 0.5) is 0 Å². The van der Waals surface area contributed by atoms with E-state index in [0.717, 1.165) is 99.4 Å². The molecule has 4 aromatic heterocycles. The molecule has 10 aromatic carbocycles. The summed E-state index contributed by atoms with van der Waals surface area (Å²) in [5.41, 5.74) is 14.0. The molecular weight excluding hydrogens is 905 g/mol. The van der Waals surface area contributed by atoms with Crippen LogP contribution >= 0.6 is 0 Å². The molecule has 74 heavy (non-hydrogen) atoms. The second kappa shape index (κ2) is 17.9. The fourth-order valence-corrected chi connectivity index (χ4v) is 10.3. The molecule has 0 aliphatic carbocycles. The summed E-state index contributed by atoms with van der Waals surface area (Å²) in [5.74, 6) is 3.50. The van der Waals surface area contributed by atoms with E-state index in [0.29, 0.717) is 35.1 Å². The van der Waals surface area contributed by atoms with Crippen molar-refractivity contribution in [2.24, 2.45) is 0 Å². The number of hydrogen-bond donors (Lipinski definition) is 0. The van der Waals surface area contributed by atoms with Crippen LogP contribution in [-0.4, -0.2) is 39.0 Å². The van der Waals surface area contributed by atoms with Crippen molar-refractivity contribution in [3.63, 3.8) is 0 Å². The van der Waals surface area contributed by atoms with E-state index < -0.39 is 0 Å². The highest BCUT2D eigenvalue weighted by molar-refractivity contribution is 6.23. The molecular formula is C66H42N8. The predicted octanol–water partition coefficient (Wildman–Crippen LogP) is 15.9. The number of fused-ring (bicyclic) bond motifs is 7. The maximum Gasteiger partial charge on any atom is 0.238 e. The third-order valence-electron chi connectivity index (χ3n) is 13.8. The first kappa shape index (κ1) is 42.7. The minimum atomic E-state index is 0.518. The Balaban J connectivity index is 0.998. The lowest BCUT2D eigenvalue weighted by Gasteiger charge is -2.14. The zero-order valence-corrected chi connectivity index (χ0v) is 39.8. The molecule has 0 aliphatic rings. The van der Waals surface area contributed by atoms with E-state index in [1.807, 2.05) is 72.8 Å². The van der Waals surface area contributed by atoms with Gasteiger partial charge in [-0.2, -0.15) is 9.97 Å². The number of aromatic nitrogens is 8. The van der Waals surface area contributed by atoms with Gasteiger partial charge in [-0.1, -0.05) is 206 Å². The van der Waals surface area contributed by atoms with Crippen molar-refractivity contribution in [2.75, 3.05) is 0 Å². The van der Waals surface area contributed by atoms with Gasteiger partial charge in [-0.25, -0.2) is 19.9 Å². The Morgan fingerprint density at radius 1 is 0.216 bits per heavy atom. The van der Waals surface area contributed by atoms with E-state index in [9.17, 15) is 0 Å². The fourth-order valence-electron chi connectivity index (χ4n) is 10.3. The lowest BCUT2D eigenvalue weighted by Crippen LogP contribution is -2.07. The average Bonchev–Trinajstić information content (AvgIpc) is 4.02. The Bertz CT molecular complexity index is 4240. The van der Waals surface area contributed by atoms with Crippen LogP contribution in [0.15, 0.2) is 255 Å². The van der Waals surface area contributed by atoms with Gasteiger partial charge in [0.15, 0.2) is 29.1 Å². The Labute approximate surface area is 426 Å². The van der Waals surface area contributed by atoms with Gasteiger partial charge in [-0.05, 0) is 70.8 Å². The number of nitrogens with zero attached hydrogens (tertiary/aromatic N) is 8. The monoisotopic (exact) mass is 946 g/mol. The second-order valence-electron chi connectivity index (χ2n) is 18.3. The molecule has 14 rings (SSSR count). The molecule has 0 unspecified atom stereocenters. The summed E-state index contributed by atoms with van der Waals surface area (Å²) >= 11 is 0. The normalized spacial score (nSPS) is 11.5. The van der Waals surface area contributed by atoms with Crippen molar-refractivity contribution in [3.8, 4) is 90.8 Å². The van der Waals surface area contributed by atoms with Crippen molar-refractivity contribution in [3.05, 3.63) is 255 Å². The molecule has 0 radical (unpaired) electrons. The van der Waals surface area contributed by atoms with Gasteiger partial charge in [0, 0.05) is 55.0 Å². The molecule has 0 N–H and O–H groups in total. The first-order valence-electron chi connectivity index (χ1n) is 24.7. The number of para-hydroxylation sites is 2. The molecule has 0 amide bonds. The van der Waals surface area contributed by atoms with Crippen molar-refractivity contribution in [1.29, 1.82) is 0 Å². The van der Waals surface area contributed by atoms with Crippen LogP contribution in [0.1, 0.15) is 0 Å². The molecule has 346 valence electrons. The predicted molar refractivity (Wildman–Crippen MR) is 300 cm³/mol. The van der Waals surface area contributed by atoms with Crippen molar-refractivity contribution in [1.82, 2.24) is 39.0 Å². The molecule has 0 saturated carbocycles. The SMILES string of the molecule is c1ccc(-c2cccc(-c3nc(-c4cccc(-c5ccccc5)c4)nc(-n4c5ccccc5c5ccc6c7ccccc7n(-c7ccc(-c8nc(-c9ccccc9)nc(-c9ccccc9)n8)cc7)c6c54)n3)c2)cc1. The molecule has 0 aliphatic heterocycles. The van der Waals surface area contributed by atoms with Gasteiger partial charge in [-0.15, -0.1) is 0 Å². The first-order valence-corrected chi connectivity index (χ1v) is 24.7. The largest absolute Gasteiger partial charge is 0.307 e. The Morgan fingerprint density at radius 2 is 0.554 bits per heavy atom. The van der Waals surface area contributed by atoms with Crippen LogP contribution in [0.25, 0.3) is 134 Å². The highest BCUT2D eigenvalue weighted by atomic mass is 15.2. The van der Waals surface area contributed by atoms with E-state index in [1.54, 1.807) is 0 Å². The lowest BCUT2D eigenvalue weighted by molar-refractivity contribution is 0.953. The van der Waals surface area contributed by atoms with Crippen LogP contribution in [-0.2, 0) is 0 Å². The van der Waals surface area contributed by atoms with Crippen LogP contribution in [0, 0.1) is 0 Å². The molecule has 8 heteroatoms. The van der Waals surface area contributed by atoms with E-state index in [1.165, 1.54) is 0 Å². The number of hydrogen-bond acceptors (Lipinski definition) is 6. The van der Waals surface area contributed by atoms with Crippen molar-refractivity contribution >= 4 is 43.6 Å². The third kappa shape index (κ3) is 7.48. The van der Waals surface area contributed by atoms with Gasteiger partial charge in [0.25, 0.3) is 0 Å². The van der Waals surface area contributed by atoms with Crippen LogP contribution in [0.3, 0.4) is 0 Å². The van der Waals surface area contributed by atoms with Crippen molar-refractivity contribution in [2.45, 2.75) is 0 Å². The summed E-state index contributed by atoms with van der Waals surface area (Å²) in [7, 11) is 0. The lowest BCUT2D eigenvalue weighted by atomic mass is 10.0. The zero-order chi connectivity index (χ0) is 49.0. The average molecular weight is 947 g/mol. The Morgan fingerprint density at radius 3 is 1.01 bits per heavy atom. The summed E-state index contributed by atoms with van der Waals surface area (Å²) < 4.78 is 4.62. The molecule has 0 bridgehead atoms. The molecule has 14 aromatic rings. The van der Waals surface area contributed by atoms with Gasteiger partial charge in [0.2, 0.25) is 5.95 Å². The third-order valence-corrected chi connectivity index (χ3v) is 13.8. The topological polar surface area (TPSA) is 87.2 Å². The minimum absolute atomic E-state index is 0.518. The smallest absolute Gasteiger partial charge is 0.238 e. The summed E-state index contributed by atoms with van der Waals surface area (Å²) in [6.07, 6.45) is 0. The van der Waals surface area contributed by atoms with Gasteiger partial charge in [-0.3, -0.25) is 4.57 Å². The van der Waals surface area contributed by atoms with Gasteiger partial charge < -0.3 is 4.57 Å². The molecule has 0 saturated heterocycles. The molecule has 0 atom stereocenters. The number of rotatable bonds is 9. The summed E-state index contributed by atoms with van der Waals surface area (Å²) in [6, 6.07) is 88.2. The zero-order valence-electron chi connectivity index (χ0n) is 39.8. The maximum absolute atomic E-state index is 5.47.